The molecule has 0 bridgehead atoms. The zero-order valence-corrected chi connectivity index (χ0v) is 12.4. The van der Waals surface area contributed by atoms with Crippen molar-refractivity contribution in [2.45, 2.75) is 38.3 Å². The van der Waals surface area contributed by atoms with Gasteiger partial charge in [-0.1, -0.05) is 15.9 Å². The first-order chi connectivity index (χ1) is 9.37. The maximum atomic E-state index is 12.4. The lowest BCUT2D eigenvalue weighted by Crippen LogP contribution is -2.41. The Kier molecular flexibility index (Phi) is 4.80. The second kappa shape index (κ2) is 6.22. The molecule has 1 aromatic rings. The minimum Gasteiger partial charge on any atom is -0.404 e. The molecule has 0 aromatic heterocycles. The molecule has 1 aliphatic carbocycles. The summed E-state index contributed by atoms with van der Waals surface area (Å²) in [5.41, 5.74) is 0.338. The van der Waals surface area contributed by atoms with Gasteiger partial charge in [0.15, 0.2) is 5.75 Å². The fourth-order valence-electron chi connectivity index (χ4n) is 2.10. The smallest absolute Gasteiger partial charge is 0.404 e. The fourth-order valence-corrected chi connectivity index (χ4v) is 2.44. The van der Waals surface area contributed by atoms with E-state index in [0.29, 0.717) is 16.8 Å². The molecule has 2 rings (SSSR count). The monoisotopic (exact) mass is 353 g/mol. The molecule has 1 fully saturated rings. The number of hydrogen-bond donors (Lipinski definition) is 1. The molecule has 1 N–H and O–H groups in total. The Balaban J connectivity index is 2.01. The van der Waals surface area contributed by atoms with Crippen LogP contribution >= 0.6 is 15.9 Å². The highest BCUT2D eigenvalue weighted by Gasteiger charge is 2.34. The van der Waals surface area contributed by atoms with E-state index >= 15 is 0 Å². The van der Waals surface area contributed by atoms with Crippen LogP contribution in [0.3, 0.4) is 0 Å². The maximum Gasteiger partial charge on any atom is 0.573 e. The topological polar surface area (TPSA) is 30.5 Å². The van der Waals surface area contributed by atoms with Gasteiger partial charge in [0.2, 0.25) is 0 Å². The van der Waals surface area contributed by atoms with E-state index in [-0.39, 0.29) is 17.9 Å². The van der Waals surface area contributed by atoms with Crippen molar-refractivity contribution in [3.63, 3.8) is 0 Å². The highest BCUT2D eigenvalue weighted by molar-refractivity contribution is 9.10. The van der Waals surface area contributed by atoms with Crippen molar-refractivity contribution < 1.29 is 22.6 Å². The molecule has 1 aliphatic rings. The van der Waals surface area contributed by atoms with Crippen molar-refractivity contribution in [2.24, 2.45) is 0 Å². The summed E-state index contributed by atoms with van der Waals surface area (Å²) in [4.78, 5) is 0. The molecule has 1 aromatic carbocycles. The molecule has 0 amide bonds. The summed E-state index contributed by atoms with van der Waals surface area (Å²) in [7, 11) is 0. The van der Waals surface area contributed by atoms with E-state index in [1.165, 1.54) is 6.07 Å². The number of hydrogen-bond acceptors (Lipinski definition) is 3. The van der Waals surface area contributed by atoms with Crippen LogP contribution in [0, 0.1) is 0 Å². The van der Waals surface area contributed by atoms with E-state index in [0.717, 1.165) is 12.8 Å². The average molecular weight is 354 g/mol. The van der Waals surface area contributed by atoms with Gasteiger partial charge in [-0.3, -0.25) is 0 Å². The van der Waals surface area contributed by atoms with Crippen LogP contribution in [0.1, 0.15) is 19.8 Å². The summed E-state index contributed by atoms with van der Waals surface area (Å²) in [5, 5.41) is 3.06. The lowest BCUT2D eigenvalue weighted by molar-refractivity contribution is -0.274. The van der Waals surface area contributed by atoms with Crippen LogP contribution in [0.25, 0.3) is 0 Å². The van der Waals surface area contributed by atoms with Crippen molar-refractivity contribution in [2.75, 3.05) is 11.9 Å². The molecular weight excluding hydrogens is 339 g/mol. The molecule has 0 unspecified atom stereocenters. The van der Waals surface area contributed by atoms with Crippen molar-refractivity contribution >= 4 is 21.6 Å². The fraction of sp³-hybridized carbons (Fsp3) is 0.538. The quantitative estimate of drug-likeness (QED) is 0.854. The van der Waals surface area contributed by atoms with E-state index in [4.69, 9.17) is 4.74 Å². The largest absolute Gasteiger partial charge is 0.573 e. The maximum absolute atomic E-state index is 12.4. The summed E-state index contributed by atoms with van der Waals surface area (Å²) in [6.07, 6.45) is -2.94. The van der Waals surface area contributed by atoms with Crippen LogP contribution in [0.5, 0.6) is 5.75 Å². The van der Waals surface area contributed by atoms with Crippen LogP contribution in [0.15, 0.2) is 22.7 Å². The number of benzene rings is 1. The van der Waals surface area contributed by atoms with Crippen molar-refractivity contribution in [1.29, 1.82) is 0 Å². The Morgan fingerprint density at radius 1 is 1.35 bits per heavy atom. The molecule has 3 nitrogen and oxygen atoms in total. The predicted molar refractivity (Wildman–Crippen MR) is 72.9 cm³/mol. The van der Waals surface area contributed by atoms with Gasteiger partial charge in [-0.25, -0.2) is 0 Å². The number of halogens is 4. The number of rotatable bonds is 5. The second-order valence-electron chi connectivity index (χ2n) is 4.58. The standard InChI is InChI=1S/C13H15BrF3NO2/c1-2-19-10-6-9(7-10)18-11-4-3-8(14)5-12(11)20-13(15,16)17/h3-5,9-10,18H,2,6-7H2,1H3. The molecule has 0 aliphatic heterocycles. The highest BCUT2D eigenvalue weighted by Crippen LogP contribution is 2.35. The number of alkyl halides is 3. The third kappa shape index (κ3) is 4.28. The van der Waals surface area contributed by atoms with Crippen LogP contribution in [0.2, 0.25) is 0 Å². The van der Waals surface area contributed by atoms with Gasteiger partial charge in [0.1, 0.15) is 0 Å². The molecule has 112 valence electrons. The number of ether oxygens (including phenoxy) is 2. The molecule has 20 heavy (non-hydrogen) atoms. The van der Waals surface area contributed by atoms with Crippen LogP contribution in [0.4, 0.5) is 18.9 Å². The molecule has 1 saturated carbocycles. The van der Waals surface area contributed by atoms with Crippen molar-refractivity contribution in [3.05, 3.63) is 22.7 Å². The van der Waals surface area contributed by atoms with E-state index < -0.39 is 6.36 Å². The number of anilines is 1. The molecular formula is C13H15BrF3NO2. The van der Waals surface area contributed by atoms with Gasteiger partial charge >= 0.3 is 6.36 Å². The van der Waals surface area contributed by atoms with Gasteiger partial charge in [-0.2, -0.15) is 0 Å². The summed E-state index contributed by atoms with van der Waals surface area (Å²) >= 11 is 3.14. The Morgan fingerprint density at radius 2 is 2.05 bits per heavy atom. The third-order valence-corrected chi connectivity index (χ3v) is 3.52. The first kappa shape index (κ1) is 15.4. The Morgan fingerprint density at radius 3 is 2.65 bits per heavy atom. The van der Waals surface area contributed by atoms with Gasteiger partial charge in [0.05, 0.1) is 11.8 Å². The van der Waals surface area contributed by atoms with Crippen LogP contribution in [-0.4, -0.2) is 25.1 Å². The van der Waals surface area contributed by atoms with Gasteiger partial charge in [-0.05, 0) is 38.0 Å². The first-order valence-electron chi connectivity index (χ1n) is 6.31. The Hall–Kier alpha value is -0.950. The SMILES string of the molecule is CCOC1CC(Nc2ccc(Br)cc2OC(F)(F)F)C1. The van der Waals surface area contributed by atoms with Crippen molar-refractivity contribution in [3.8, 4) is 5.75 Å². The molecule has 7 heteroatoms. The molecule has 0 heterocycles. The van der Waals surface area contributed by atoms with E-state index in [9.17, 15) is 13.2 Å². The van der Waals surface area contributed by atoms with Crippen LogP contribution < -0.4 is 10.1 Å². The van der Waals surface area contributed by atoms with E-state index in [1.54, 1.807) is 12.1 Å². The normalized spacial score (nSPS) is 22.2. The van der Waals surface area contributed by atoms with E-state index in [1.807, 2.05) is 6.92 Å². The zero-order chi connectivity index (χ0) is 14.8. The lowest BCUT2D eigenvalue weighted by atomic mass is 9.89. The predicted octanol–water partition coefficient (Wildman–Crippen LogP) is 4.33. The Labute approximate surface area is 123 Å². The molecule has 0 spiro atoms. The zero-order valence-electron chi connectivity index (χ0n) is 10.8. The van der Waals surface area contributed by atoms with Gasteiger partial charge < -0.3 is 14.8 Å². The Bertz CT molecular complexity index is 461. The summed E-state index contributed by atoms with van der Waals surface area (Å²) in [5.74, 6) is -0.230. The van der Waals surface area contributed by atoms with Gasteiger partial charge in [0.25, 0.3) is 0 Å². The van der Waals surface area contributed by atoms with E-state index in [2.05, 4.69) is 26.0 Å². The highest BCUT2D eigenvalue weighted by atomic mass is 79.9. The molecule has 0 saturated heterocycles. The second-order valence-corrected chi connectivity index (χ2v) is 5.49. The lowest BCUT2D eigenvalue weighted by Gasteiger charge is -2.36. The number of nitrogens with one attached hydrogen (secondary N) is 1. The third-order valence-electron chi connectivity index (χ3n) is 3.03. The average Bonchev–Trinajstić information content (AvgIpc) is 2.27. The summed E-state index contributed by atoms with van der Waals surface area (Å²) in [6, 6.07) is 4.65. The molecule has 0 radical (unpaired) electrons. The minimum absolute atomic E-state index is 0.114. The van der Waals surface area contributed by atoms with Crippen LogP contribution in [-0.2, 0) is 4.74 Å². The van der Waals surface area contributed by atoms with Gasteiger partial charge in [-0.15, -0.1) is 13.2 Å². The van der Waals surface area contributed by atoms with Crippen molar-refractivity contribution in [1.82, 2.24) is 0 Å². The minimum atomic E-state index is -4.70. The van der Waals surface area contributed by atoms with Gasteiger partial charge in [0, 0.05) is 17.1 Å². The first-order valence-corrected chi connectivity index (χ1v) is 7.10. The summed E-state index contributed by atoms with van der Waals surface area (Å²) < 4.78 is 47.1. The molecule has 0 atom stereocenters. The summed E-state index contributed by atoms with van der Waals surface area (Å²) in [6.45, 7) is 2.57.